The van der Waals surface area contributed by atoms with Gasteiger partial charge in [0.15, 0.2) is 0 Å². The van der Waals surface area contributed by atoms with E-state index < -0.39 is 0 Å². The van der Waals surface area contributed by atoms with Crippen LogP contribution < -0.4 is 10.1 Å². The van der Waals surface area contributed by atoms with E-state index >= 15 is 0 Å². The Bertz CT molecular complexity index is 997. The number of methoxy groups -OCH3 is 1. The predicted octanol–water partition coefficient (Wildman–Crippen LogP) is 2.85. The van der Waals surface area contributed by atoms with Crippen LogP contribution in [0.1, 0.15) is 33.7 Å². The van der Waals surface area contributed by atoms with Crippen molar-refractivity contribution >= 4 is 22.7 Å². The number of pyridine rings is 1. The van der Waals surface area contributed by atoms with E-state index in [1.807, 2.05) is 35.2 Å². The maximum Gasteiger partial charge on any atom is 0.267 e. The zero-order valence-electron chi connectivity index (χ0n) is 16.4. The Kier molecular flexibility index (Phi) is 5.46. The number of hydrogen-bond donors (Lipinski definition) is 2. The minimum atomic E-state index is -0.126. The van der Waals surface area contributed by atoms with Crippen LogP contribution in [0.15, 0.2) is 48.7 Å². The monoisotopic (exact) mass is 392 g/mol. The van der Waals surface area contributed by atoms with Gasteiger partial charge in [-0.25, -0.2) is 4.98 Å². The number of para-hydroxylation sites is 1. The first-order valence-corrected chi connectivity index (χ1v) is 9.80. The first-order chi connectivity index (χ1) is 14.2. The largest absolute Gasteiger partial charge is 0.480 e. The molecule has 4 rings (SSSR count). The fourth-order valence-corrected chi connectivity index (χ4v) is 3.83. The fourth-order valence-electron chi connectivity index (χ4n) is 3.83. The Balaban J connectivity index is 1.37. The van der Waals surface area contributed by atoms with Gasteiger partial charge in [0.2, 0.25) is 5.88 Å². The quantitative estimate of drug-likeness (QED) is 0.699. The number of fused-ring (bicyclic) bond motifs is 1. The molecule has 3 heterocycles. The molecule has 1 saturated heterocycles. The van der Waals surface area contributed by atoms with E-state index in [2.05, 4.69) is 15.3 Å². The number of aromatic nitrogens is 2. The summed E-state index contributed by atoms with van der Waals surface area (Å²) < 4.78 is 5.22. The molecule has 2 amide bonds. The van der Waals surface area contributed by atoms with E-state index in [9.17, 15) is 9.59 Å². The van der Waals surface area contributed by atoms with Crippen molar-refractivity contribution in [3.8, 4) is 5.88 Å². The van der Waals surface area contributed by atoms with E-state index in [1.54, 1.807) is 18.3 Å². The van der Waals surface area contributed by atoms with Crippen molar-refractivity contribution in [3.05, 3.63) is 59.9 Å². The second-order valence-electron chi connectivity index (χ2n) is 7.30. The van der Waals surface area contributed by atoms with Gasteiger partial charge in [-0.15, -0.1) is 0 Å². The van der Waals surface area contributed by atoms with Crippen LogP contribution in [0.2, 0.25) is 0 Å². The molecule has 0 bridgehead atoms. The van der Waals surface area contributed by atoms with Gasteiger partial charge in [-0.05, 0) is 43.0 Å². The first kappa shape index (κ1) is 19.0. The van der Waals surface area contributed by atoms with E-state index in [0.29, 0.717) is 36.8 Å². The molecule has 1 aliphatic heterocycles. The van der Waals surface area contributed by atoms with Crippen molar-refractivity contribution in [2.24, 2.45) is 5.92 Å². The predicted molar refractivity (Wildman–Crippen MR) is 110 cm³/mol. The topological polar surface area (TPSA) is 87.3 Å². The minimum absolute atomic E-state index is 0.0819. The Morgan fingerprint density at radius 3 is 2.97 bits per heavy atom. The SMILES string of the molecule is COc1ncccc1C(=O)N1CCCC(CNC(=O)c2cc3ccccc3[nH]2)C1. The lowest BCUT2D eigenvalue weighted by atomic mass is 9.97. The number of nitrogens with one attached hydrogen (secondary N) is 2. The standard InChI is InChI=1S/C22H24N4O3/c1-29-21-17(8-4-10-23-21)22(28)26-11-5-6-15(14-26)13-24-20(27)19-12-16-7-2-3-9-18(16)25-19/h2-4,7-10,12,15,25H,5-6,11,13-14H2,1H3,(H,24,27). The third-order valence-electron chi connectivity index (χ3n) is 5.33. The molecule has 1 fully saturated rings. The van der Waals surface area contributed by atoms with Crippen molar-refractivity contribution in [3.63, 3.8) is 0 Å². The number of aromatic amines is 1. The first-order valence-electron chi connectivity index (χ1n) is 9.80. The Labute approximate surface area is 169 Å². The van der Waals surface area contributed by atoms with Crippen molar-refractivity contribution < 1.29 is 14.3 Å². The molecule has 1 aromatic carbocycles. The van der Waals surface area contributed by atoms with Crippen molar-refractivity contribution in [1.82, 2.24) is 20.2 Å². The van der Waals surface area contributed by atoms with E-state index in [4.69, 9.17) is 4.74 Å². The maximum absolute atomic E-state index is 12.9. The van der Waals surface area contributed by atoms with Crippen LogP contribution in [-0.2, 0) is 0 Å². The summed E-state index contributed by atoms with van der Waals surface area (Å²) in [7, 11) is 1.51. The summed E-state index contributed by atoms with van der Waals surface area (Å²) in [5, 5.41) is 4.02. The second-order valence-corrected chi connectivity index (χ2v) is 7.30. The summed E-state index contributed by atoms with van der Waals surface area (Å²) >= 11 is 0. The number of nitrogens with zero attached hydrogens (tertiary/aromatic N) is 2. The average molecular weight is 392 g/mol. The van der Waals surface area contributed by atoms with Crippen LogP contribution >= 0.6 is 0 Å². The summed E-state index contributed by atoms with van der Waals surface area (Å²) in [5.41, 5.74) is 1.96. The van der Waals surface area contributed by atoms with Gasteiger partial charge in [0.25, 0.3) is 11.8 Å². The van der Waals surface area contributed by atoms with E-state index in [0.717, 1.165) is 23.7 Å². The van der Waals surface area contributed by atoms with Crippen molar-refractivity contribution in [2.45, 2.75) is 12.8 Å². The number of piperidine rings is 1. The number of benzene rings is 1. The van der Waals surface area contributed by atoms with Crippen LogP contribution in [0.5, 0.6) is 5.88 Å². The molecule has 0 radical (unpaired) electrons. The Morgan fingerprint density at radius 2 is 2.14 bits per heavy atom. The lowest BCUT2D eigenvalue weighted by molar-refractivity contribution is 0.0666. The van der Waals surface area contributed by atoms with Crippen LogP contribution in [0.25, 0.3) is 10.9 Å². The molecule has 0 spiro atoms. The summed E-state index contributed by atoms with van der Waals surface area (Å²) in [5.74, 6) is 0.343. The Hall–Kier alpha value is -3.35. The number of likely N-dealkylation sites (tertiary alicyclic amines) is 1. The number of H-pyrrole nitrogens is 1. The lowest BCUT2D eigenvalue weighted by Gasteiger charge is -2.33. The van der Waals surface area contributed by atoms with Gasteiger partial charge < -0.3 is 19.9 Å². The second kappa shape index (κ2) is 8.34. The summed E-state index contributed by atoms with van der Waals surface area (Å²) in [4.78, 5) is 34.5. The average Bonchev–Trinajstić information content (AvgIpc) is 3.21. The van der Waals surface area contributed by atoms with Crippen LogP contribution in [0.4, 0.5) is 0 Å². The molecular formula is C22H24N4O3. The molecule has 2 aromatic heterocycles. The molecule has 1 atom stereocenters. The van der Waals surface area contributed by atoms with Crippen molar-refractivity contribution in [1.29, 1.82) is 0 Å². The fraction of sp³-hybridized carbons (Fsp3) is 0.318. The number of ether oxygens (including phenoxy) is 1. The van der Waals surface area contributed by atoms with Gasteiger partial charge in [0.1, 0.15) is 11.3 Å². The van der Waals surface area contributed by atoms with Crippen LogP contribution in [0.3, 0.4) is 0 Å². The molecule has 7 nitrogen and oxygen atoms in total. The number of rotatable bonds is 5. The molecule has 29 heavy (non-hydrogen) atoms. The molecule has 0 saturated carbocycles. The minimum Gasteiger partial charge on any atom is -0.480 e. The van der Waals surface area contributed by atoms with Crippen LogP contribution in [-0.4, -0.2) is 53.4 Å². The zero-order chi connectivity index (χ0) is 20.2. The zero-order valence-corrected chi connectivity index (χ0v) is 16.4. The van der Waals surface area contributed by atoms with E-state index in [-0.39, 0.29) is 17.7 Å². The molecule has 150 valence electrons. The molecule has 1 aliphatic rings. The highest BCUT2D eigenvalue weighted by Gasteiger charge is 2.27. The van der Waals surface area contributed by atoms with Gasteiger partial charge in [0.05, 0.1) is 7.11 Å². The summed E-state index contributed by atoms with van der Waals surface area (Å²) in [6.45, 7) is 1.83. The van der Waals surface area contributed by atoms with Gasteiger partial charge in [-0.3, -0.25) is 9.59 Å². The third kappa shape index (κ3) is 4.08. The number of hydrogen-bond acceptors (Lipinski definition) is 4. The smallest absolute Gasteiger partial charge is 0.267 e. The molecule has 3 aromatic rings. The number of carbonyl (C=O) groups excluding carboxylic acids is 2. The van der Waals surface area contributed by atoms with Crippen molar-refractivity contribution in [2.75, 3.05) is 26.7 Å². The number of carbonyl (C=O) groups is 2. The van der Waals surface area contributed by atoms with Crippen LogP contribution in [0, 0.1) is 5.92 Å². The molecule has 1 unspecified atom stereocenters. The van der Waals surface area contributed by atoms with Gasteiger partial charge in [-0.1, -0.05) is 18.2 Å². The van der Waals surface area contributed by atoms with Gasteiger partial charge in [0, 0.05) is 36.7 Å². The molecule has 2 N–H and O–H groups in total. The normalized spacial score (nSPS) is 16.6. The summed E-state index contributed by atoms with van der Waals surface area (Å²) in [6, 6.07) is 13.1. The molecule has 0 aliphatic carbocycles. The summed E-state index contributed by atoms with van der Waals surface area (Å²) in [6.07, 6.45) is 3.48. The highest BCUT2D eigenvalue weighted by molar-refractivity contribution is 5.98. The molecule has 7 heteroatoms. The van der Waals surface area contributed by atoms with Gasteiger partial charge >= 0.3 is 0 Å². The van der Waals surface area contributed by atoms with E-state index in [1.165, 1.54) is 7.11 Å². The Morgan fingerprint density at radius 1 is 1.28 bits per heavy atom. The lowest BCUT2D eigenvalue weighted by Crippen LogP contribution is -2.43. The third-order valence-corrected chi connectivity index (χ3v) is 5.33. The highest BCUT2D eigenvalue weighted by Crippen LogP contribution is 2.22. The maximum atomic E-state index is 12.9. The van der Waals surface area contributed by atoms with Gasteiger partial charge in [-0.2, -0.15) is 0 Å². The number of amides is 2. The highest BCUT2D eigenvalue weighted by atomic mass is 16.5. The molecular weight excluding hydrogens is 368 g/mol.